The Balaban J connectivity index is 1.63. The summed E-state index contributed by atoms with van der Waals surface area (Å²) in [5, 5.41) is 1.99. The fourth-order valence-electron chi connectivity index (χ4n) is 5.53. The molecule has 0 saturated carbocycles. The van der Waals surface area contributed by atoms with Gasteiger partial charge in [0.25, 0.3) is 0 Å². The van der Waals surface area contributed by atoms with Crippen LogP contribution in [-0.2, 0) is 23.5 Å². The van der Waals surface area contributed by atoms with Crippen molar-refractivity contribution in [1.82, 2.24) is 5.06 Å². The molecule has 4 aliphatic rings. The number of hydroxylamine groups is 2. The molecule has 0 radical (unpaired) electrons. The topological polar surface area (TPSA) is 57.2 Å². The van der Waals surface area contributed by atoms with E-state index < -0.39 is 26.1 Å². The fraction of sp³-hybridized carbons (Fsp3) is 0.833. The number of esters is 1. The predicted molar refractivity (Wildman–Crippen MR) is 94.1 cm³/mol. The summed E-state index contributed by atoms with van der Waals surface area (Å²) in [4.78, 5) is 18.4. The molecule has 0 N–H and O–H groups in total. The van der Waals surface area contributed by atoms with Crippen LogP contribution in [0.15, 0.2) is 12.7 Å². The van der Waals surface area contributed by atoms with Crippen LogP contribution in [0.1, 0.15) is 33.6 Å². The summed E-state index contributed by atoms with van der Waals surface area (Å²) in [6.07, 6.45) is 2.37. The van der Waals surface area contributed by atoms with Gasteiger partial charge in [-0.15, -0.1) is 6.58 Å². The van der Waals surface area contributed by atoms with Crippen LogP contribution in [0.25, 0.3) is 0 Å². The van der Waals surface area contributed by atoms with Gasteiger partial charge in [0.1, 0.15) is 0 Å². The van der Waals surface area contributed by atoms with Crippen LogP contribution < -0.4 is 0 Å². The molecule has 7 heteroatoms. The fourth-order valence-corrected chi connectivity index (χ4v) is 8.39. The van der Waals surface area contributed by atoms with E-state index in [0.717, 1.165) is 24.6 Å². The molecule has 4 rings (SSSR count). The number of rotatable bonds is 7. The summed E-state index contributed by atoms with van der Waals surface area (Å²) in [5.74, 6) is -0.308. The highest BCUT2D eigenvalue weighted by Gasteiger charge is 2.81. The molecule has 0 amide bonds. The highest BCUT2D eigenvalue weighted by Crippen LogP contribution is 2.64. The van der Waals surface area contributed by atoms with Crippen LogP contribution in [0.2, 0.25) is 18.1 Å². The average Bonchev–Trinajstić information content (AvgIpc) is 3.26. The highest BCUT2D eigenvalue weighted by atomic mass is 28.4. The van der Waals surface area contributed by atoms with Crippen molar-refractivity contribution in [2.24, 2.45) is 5.41 Å². The third-order valence-electron chi connectivity index (χ3n) is 7.14. The maximum Gasteiger partial charge on any atom is 0.340 e. The third kappa shape index (κ3) is 2.07. The summed E-state index contributed by atoms with van der Waals surface area (Å²) in [5.41, 5.74) is -0.832. The molecule has 4 fully saturated rings. The van der Waals surface area contributed by atoms with E-state index in [1.165, 1.54) is 0 Å². The van der Waals surface area contributed by atoms with E-state index in [2.05, 4.69) is 27.4 Å². The lowest BCUT2D eigenvalue weighted by molar-refractivity contribution is -0.188. The molecule has 6 nitrogen and oxygen atoms in total. The molecule has 0 unspecified atom stereocenters. The molecule has 4 heterocycles. The summed E-state index contributed by atoms with van der Waals surface area (Å²) >= 11 is 0. The van der Waals surface area contributed by atoms with Crippen molar-refractivity contribution in [3.8, 4) is 0 Å². The molecular weight excluding hydrogens is 338 g/mol. The average molecular weight is 368 g/mol. The first kappa shape index (κ1) is 17.7. The van der Waals surface area contributed by atoms with E-state index in [0.29, 0.717) is 19.6 Å². The Kier molecular flexibility index (Phi) is 4.16. The van der Waals surface area contributed by atoms with Gasteiger partial charge in [-0.05, 0) is 31.0 Å². The molecule has 0 aliphatic carbocycles. The predicted octanol–water partition coefficient (Wildman–Crippen LogP) is 2.61. The van der Waals surface area contributed by atoms with Gasteiger partial charge in [0.05, 0.1) is 23.7 Å². The van der Waals surface area contributed by atoms with Crippen molar-refractivity contribution in [3.05, 3.63) is 12.7 Å². The molecule has 5 atom stereocenters. The van der Waals surface area contributed by atoms with Crippen LogP contribution in [0.5, 0.6) is 0 Å². The molecule has 25 heavy (non-hydrogen) atoms. The van der Waals surface area contributed by atoms with Gasteiger partial charge in [-0.2, -0.15) is 5.06 Å². The summed E-state index contributed by atoms with van der Waals surface area (Å²) in [6, 6.07) is 3.39. The van der Waals surface area contributed by atoms with Crippen molar-refractivity contribution in [3.63, 3.8) is 0 Å². The van der Waals surface area contributed by atoms with Crippen LogP contribution in [0, 0.1) is 5.41 Å². The molecular formula is C18H29NO5Si. The normalized spacial score (nSPS) is 42.5. The highest BCUT2D eigenvalue weighted by molar-refractivity contribution is 6.73. The Labute approximate surface area is 150 Å². The second kappa shape index (κ2) is 5.89. The van der Waals surface area contributed by atoms with Gasteiger partial charge in [0.2, 0.25) is 6.29 Å². The van der Waals surface area contributed by atoms with Gasteiger partial charge in [-0.25, -0.2) is 4.79 Å². The van der Waals surface area contributed by atoms with E-state index in [-0.39, 0.29) is 17.6 Å². The van der Waals surface area contributed by atoms with Crippen LogP contribution in [-0.4, -0.2) is 56.5 Å². The van der Waals surface area contributed by atoms with E-state index in [4.69, 9.17) is 18.7 Å². The van der Waals surface area contributed by atoms with E-state index in [1.807, 2.05) is 11.1 Å². The van der Waals surface area contributed by atoms with E-state index >= 15 is 0 Å². The quantitative estimate of drug-likeness (QED) is 0.392. The largest absolute Gasteiger partial charge is 0.433 e. The molecule has 4 aliphatic heterocycles. The second-order valence-electron chi connectivity index (χ2n) is 7.88. The van der Waals surface area contributed by atoms with E-state index in [9.17, 15) is 4.79 Å². The van der Waals surface area contributed by atoms with E-state index in [1.54, 1.807) is 0 Å². The van der Waals surface area contributed by atoms with Gasteiger partial charge in [0, 0.05) is 6.54 Å². The number of ether oxygens (including phenoxy) is 2. The Morgan fingerprint density at radius 2 is 2.08 bits per heavy atom. The van der Waals surface area contributed by atoms with Crippen molar-refractivity contribution in [2.75, 3.05) is 13.2 Å². The maximum absolute atomic E-state index is 12.3. The maximum atomic E-state index is 12.3. The van der Waals surface area contributed by atoms with Gasteiger partial charge >= 0.3 is 5.97 Å². The first-order chi connectivity index (χ1) is 12.0. The van der Waals surface area contributed by atoms with Gasteiger partial charge in [-0.3, -0.25) is 4.84 Å². The first-order valence-corrected chi connectivity index (χ1v) is 12.1. The second-order valence-corrected chi connectivity index (χ2v) is 12.6. The number of hydrogen-bond donors (Lipinski definition) is 0. The standard InChI is InChI=1S/C18H29NO5Si/c1-5-9-18-14-15(20)22-16(18)21-12-17(18)10-13(11-19(17)23-14)24-25(6-2,7-3)8-4/h5,13-14,16H,1,6-12H2,2-4H3/t13-,14+,16-,17-,18+/m0/s1. The minimum absolute atomic E-state index is 0.132. The van der Waals surface area contributed by atoms with Gasteiger partial charge < -0.3 is 13.9 Å². The molecule has 0 aromatic carbocycles. The van der Waals surface area contributed by atoms with Crippen molar-refractivity contribution in [1.29, 1.82) is 0 Å². The zero-order chi connectivity index (χ0) is 17.9. The lowest BCUT2D eigenvalue weighted by Gasteiger charge is -2.36. The molecule has 0 aromatic heterocycles. The monoisotopic (exact) mass is 367 g/mol. The minimum atomic E-state index is -1.69. The summed E-state index contributed by atoms with van der Waals surface area (Å²) < 4.78 is 18.2. The minimum Gasteiger partial charge on any atom is -0.433 e. The van der Waals surface area contributed by atoms with Crippen LogP contribution >= 0.6 is 0 Å². The molecule has 140 valence electrons. The number of nitrogens with zero attached hydrogens (tertiary/aromatic N) is 1. The lowest BCUT2D eigenvalue weighted by atomic mass is 9.66. The smallest absolute Gasteiger partial charge is 0.340 e. The number of hydrogen-bond acceptors (Lipinski definition) is 6. The Hall–Kier alpha value is -0.733. The third-order valence-corrected chi connectivity index (χ3v) is 11.8. The lowest BCUT2D eigenvalue weighted by Crippen LogP contribution is -2.52. The van der Waals surface area contributed by atoms with Gasteiger partial charge in [0.15, 0.2) is 14.4 Å². The number of allylic oxidation sites excluding steroid dienone is 1. The SMILES string of the molecule is C=CC[C@@]12[C@H]3OC[C@@]14C[C@H](O[Si](CC)(CC)CC)CN4O[C@@H]2C(=O)O3. The number of carbonyl (C=O) groups excluding carboxylic acids is 1. The van der Waals surface area contributed by atoms with Crippen molar-refractivity contribution in [2.45, 2.75) is 75.8 Å². The zero-order valence-corrected chi connectivity index (χ0v) is 16.5. The van der Waals surface area contributed by atoms with Crippen LogP contribution in [0.4, 0.5) is 0 Å². The zero-order valence-electron chi connectivity index (χ0n) is 15.5. The molecule has 1 spiro atoms. The Bertz CT molecular complexity index is 574. The summed E-state index contributed by atoms with van der Waals surface area (Å²) in [7, 11) is -1.69. The van der Waals surface area contributed by atoms with Crippen LogP contribution in [0.3, 0.4) is 0 Å². The van der Waals surface area contributed by atoms with Gasteiger partial charge in [-0.1, -0.05) is 26.8 Å². The van der Waals surface area contributed by atoms with Crippen molar-refractivity contribution < 1.29 is 23.5 Å². The molecule has 0 aromatic rings. The number of carbonyl (C=O) groups is 1. The molecule has 0 bridgehead atoms. The molecule has 4 saturated heterocycles. The Morgan fingerprint density at radius 1 is 1.36 bits per heavy atom. The summed E-state index contributed by atoms with van der Waals surface area (Å²) in [6.45, 7) is 11.9. The van der Waals surface area contributed by atoms with Crippen molar-refractivity contribution >= 4 is 14.3 Å². The Morgan fingerprint density at radius 3 is 2.72 bits per heavy atom. The first-order valence-electron chi connectivity index (χ1n) is 9.56.